The molecule has 6 nitrogen and oxygen atoms in total. The van der Waals surface area contributed by atoms with Gasteiger partial charge in [0.05, 0.1) is 23.0 Å². The van der Waals surface area contributed by atoms with Crippen LogP contribution in [-0.2, 0) is 26.2 Å². The van der Waals surface area contributed by atoms with Crippen molar-refractivity contribution < 1.29 is 26.8 Å². The molecule has 36 heavy (non-hydrogen) atoms. The van der Waals surface area contributed by atoms with Crippen LogP contribution in [0.3, 0.4) is 0 Å². The molecule has 11 heteroatoms. The van der Waals surface area contributed by atoms with E-state index in [2.05, 4.69) is 0 Å². The molecule has 0 aromatic heterocycles. The fraction of sp³-hybridized carbons (Fsp3) is 0.120. The monoisotopic (exact) mass is 550 g/mol. The molecule has 1 aliphatic heterocycles. The Morgan fingerprint density at radius 2 is 1.83 bits per heavy atom. The second-order valence-corrected chi connectivity index (χ2v) is 10.6. The Labute approximate surface area is 216 Å². The minimum atomic E-state index is -4.44. The highest BCUT2D eigenvalue weighted by molar-refractivity contribution is 7.90. The number of nitrogens with zero attached hydrogens (tertiary/aromatic N) is 1. The van der Waals surface area contributed by atoms with Crippen molar-refractivity contribution in [2.24, 2.45) is 0 Å². The number of halogens is 4. The van der Waals surface area contributed by atoms with Crippen molar-refractivity contribution in [2.45, 2.75) is 24.3 Å². The van der Waals surface area contributed by atoms with Gasteiger partial charge in [0.1, 0.15) is 0 Å². The van der Waals surface area contributed by atoms with Crippen molar-refractivity contribution in [3.05, 3.63) is 99.0 Å². The van der Waals surface area contributed by atoms with Crippen molar-refractivity contribution >= 4 is 56.8 Å². The number of para-hydroxylation sites is 1. The first-order chi connectivity index (χ1) is 17.0. The van der Waals surface area contributed by atoms with Gasteiger partial charge in [-0.15, -0.1) is 0 Å². The zero-order valence-electron chi connectivity index (χ0n) is 18.6. The third-order valence-corrected chi connectivity index (χ3v) is 7.60. The molecule has 3 aromatic carbocycles. The van der Waals surface area contributed by atoms with Crippen LogP contribution in [0.1, 0.15) is 29.5 Å². The first-order valence-electron chi connectivity index (χ1n) is 10.6. The van der Waals surface area contributed by atoms with E-state index in [1.54, 1.807) is 52.9 Å². The largest absolute Gasteiger partial charge is 0.307 e. The number of hydrogen-bond donors (Lipinski definition) is 1. The number of nitrogens with one attached hydrogen (secondary N) is 1. The van der Waals surface area contributed by atoms with Crippen LogP contribution in [0.5, 0.6) is 0 Å². The van der Waals surface area contributed by atoms with Crippen molar-refractivity contribution in [1.29, 1.82) is 0 Å². The van der Waals surface area contributed by atoms with Gasteiger partial charge < -0.3 is 4.90 Å². The van der Waals surface area contributed by atoms with Gasteiger partial charge >= 0.3 is 0 Å². The Morgan fingerprint density at radius 3 is 2.53 bits per heavy atom. The molecule has 0 fully saturated rings. The predicted octanol–water partition coefficient (Wildman–Crippen LogP) is 5.44. The van der Waals surface area contributed by atoms with Crippen molar-refractivity contribution in [3.63, 3.8) is 0 Å². The molecule has 1 heterocycles. The smallest absolute Gasteiger partial charge is 0.264 e. The van der Waals surface area contributed by atoms with E-state index in [0.717, 1.165) is 17.7 Å². The molecule has 1 N–H and O–H groups in total. The van der Waals surface area contributed by atoms with Gasteiger partial charge in [-0.3, -0.25) is 9.59 Å². The summed E-state index contributed by atoms with van der Waals surface area (Å²) in [7, 11) is -4.44. The third kappa shape index (κ3) is 5.13. The number of carbonyl (C=O) groups is 2. The lowest BCUT2D eigenvalue weighted by atomic mass is 10.00. The summed E-state index contributed by atoms with van der Waals surface area (Å²) in [6, 6.07) is 12.1. The SMILES string of the molecule is CC1C(=O)N(Cc2ccc(Cl)cc2Cl)c2c(/C=C/C(=O)NS(=O)(=O)c3ccc(F)c(F)c3)cccc21. The molecule has 1 aliphatic rings. The van der Waals surface area contributed by atoms with Gasteiger partial charge in [-0.2, -0.15) is 0 Å². The molecule has 0 saturated carbocycles. The van der Waals surface area contributed by atoms with Gasteiger partial charge in [0.25, 0.3) is 15.9 Å². The molecule has 3 aromatic rings. The quantitative estimate of drug-likeness (QED) is 0.414. The third-order valence-electron chi connectivity index (χ3n) is 5.67. The number of carbonyl (C=O) groups excluding carboxylic acids is 2. The highest BCUT2D eigenvalue weighted by atomic mass is 35.5. The lowest BCUT2D eigenvalue weighted by Gasteiger charge is -2.20. The van der Waals surface area contributed by atoms with Crippen LogP contribution in [0.4, 0.5) is 14.5 Å². The molecule has 186 valence electrons. The normalized spacial score (nSPS) is 15.4. The molecule has 1 atom stereocenters. The Balaban J connectivity index is 1.61. The molecule has 4 rings (SSSR count). The standard InChI is InChI=1S/C25H18Cl2F2N2O4S/c1-14-19-4-2-3-15(24(19)31(25(14)33)13-16-5-7-17(26)11-20(16)27)6-10-23(32)30-36(34,35)18-8-9-21(28)22(29)12-18/h2-12,14H,13H2,1H3,(H,30,32)/b10-6+. The number of fused-ring (bicyclic) bond motifs is 1. The Hall–Kier alpha value is -3.27. The summed E-state index contributed by atoms with van der Waals surface area (Å²) in [5, 5.41) is 0.851. The van der Waals surface area contributed by atoms with Crippen LogP contribution in [-0.4, -0.2) is 20.2 Å². The minimum Gasteiger partial charge on any atom is -0.307 e. The van der Waals surface area contributed by atoms with Gasteiger partial charge in [0, 0.05) is 16.1 Å². The average molecular weight is 551 g/mol. The van der Waals surface area contributed by atoms with Crippen LogP contribution in [0.15, 0.2) is 65.6 Å². The van der Waals surface area contributed by atoms with Crippen LogP contribution in [0, 0.1) is 11.6 Å². The second-order valence-electron chi connectivity index (χ2n) is 8.05. The van der Waals surface area contributed by atoms with Crippen molar-refractivity contribution in [3.8, 4) is 0 Å². The Bertz CT molecular complexity index is 1530. The molecule has 1 unspecified atom stereocenters. The van der Waals surface area contributed by atoms with Crippen LogP contribution in [0.25, 0.3) is 6.08 Å². The molecule has 0 aliphatic carbocycles. The summed E-state index contributed by atoms with van der Waals surface area (Å²) in [6.07, 6.45) is 2.35. The van der Waals surface area contributed by atoms with Gasteiger partial charge in [0.15, 0.2) is 11.6 Å². The maximum Gasteiger partial charge on any atom is 0.264 e. The number of hydrogen-bond acceptors (Lipinski definition) is 4. The number of anilines is 1. The molecule has 0 radical (unpaired) electrons. The Morgan fingerprint density at radius 1 is 1.08 bits per heavy atom. The van der Waals surface area contributed by atoms with Crippen LogP contribution >= 0.6 is 23.2 Å². The fourth-order valence-corrected chi connectivity index (χ4v) is 5.29. The molecule has 0 spiro atoms. The van der Waals surface area contributed by atoms with E-state index in [1.165, 1.54) is 6.08 Å². The lowest BCUT2D eigenvalue weighted by Crippen LogP contribution is -2.29. The van der Waals surface area contributed by atoms with E-state index in [9.17, 15) is 26.8 Å². The van der Waals surface area contributed by atoms with Gasteiger partial charge in [-0.1, -0.05) is 47.5 Å². The van der Waals surface area contributed by atoms with Gasteiger partial charge in [-0.05, 0) is 60.0 Å². The maximum atomic E-state index is 13.4. The number of rotatable bonds is 6. The maximum absolute atomic E-state index is 13.4. The predicted molar refractivity (Wildman–Crippen MR) is 133 cm³/mol. The molecular formula is C25H18Cl2F2N2O4S. The molecule has 0 bridgehead atoms. The summed E-state index contributed by atoms with van der Waals surface area (Å²) in [6.45, 7) is 1.92. The number of amides is 2. The number of benzene rings is 3. The summed E-state index contributed by atoms with van der Waals surface area (Å²) in [5.41, 5.74) is 2.47. The van der Waals surface area contributed by atoms with Crippen molar-refractivity contribution in [1.82, 2.24) is 4.72 Å². The fourth-order valence-electron chi connectivity index (χ4n) is 3.86. The Kier molecular flexibility index (Phi) is 7.17. The molecular weight excluding hydrogens is 533 g/mol. The summed E-state index contributed by atoms with van der Waals surface area (Å²) >= 11 is 12.3. The van der Waals surface area contributed by atoms with E-state index in [-0.39, 0.29) is 12.5 Å². The highest BCUT2D eigenvalue weighted by Crippen LogP contribution is 2.41. The zero-order chi connectivity index (χ0) is 26.2. The summed E-state index contributed by atoms with van der Waals surface area (Å²) in [4.78, 5) is 26.4. The van der Waals surface area contributed by atoms with E-state index in [1.807, 2.05) is 0 Å². The molecule has 0 saturated heterocycles. The summed E-state index contributed by atoms with van der Waals surface area (Å²) < 4.78 is 53.1. The lowest BCUT2D eigenvalue weighted by molar-refractivity contribution is -0.119. The van der Waals surface area contributed by atoms with Crippen LogP contribution in [0.2, 0.25) is 10.0 Å². The van der Waals surface area contributed by atoms with Crippen molar-refractivity contribution in [2.75, 3.05) is 4.90 Å². The highest BCUT2D eigenvalue weighted by Gasteiger charge is 2.35. The topological polar surface area (TPSA) is 83.6 Å². The first-order valence-corrected chi connectivity index (χ1v) is 12.8. The van der Waals surface area contributed by atoms with E-state index < -0.39 is 38.4 Å². The van der Waals surface area contributed by atoms with E-state index in [4.69, 9.17) is 23.2 Å². The minimum absolute atomic E-state index is 0.160. The average Bonchev–Trinajstić information content (AvgIpc) is 3.06. The zero-order valence-corrected chi connectivity index (χ0v) is 21.0. The number of sulfonamides is 1. The van der Waals surface area contributed by atoms with Gasteiger partial charge in [0.2, 0.25) is 5.91 Å². The second kappa shape index (κ2) is 10.0. The van der Waals surface area contributed by atoms with Crippen LogP contribution < -0.4 is 9.62 Å². The van der Waals surface area contributed by atoms with Gasteiger partial charge in [-0.25, -0.2) is 21.9 Å². The molecule has 2 amide bonds. The van der Waals surface area contributed by atoms with E-state index in [0.29, 0.717) is 39.0 Å². The van der Waals surface area contributed by atoms with E-state index >= 15 is 0 Å². The first kappa shape index (κ1) is 25.8. The summed E-state index contributed by atoms with van der Waals surface area (Å²) in [5.74, 6) is -4.20.